The first-order valence-electron chi connectivity index (χ1n) is 7.62. The average Bonchev–Trinajstić information content (AvgIpc) is 2.77. The molecule has 124 valence electrons. The number of carbonyl (C=O) groups excluding carboxylic acids is 3. The molecule has 0 saturated carbocycles. The van der Waals surface area contributed by atoms with E-state index in [4.69, 9.17) is 0 Å². The van der Waals surface area contributed by atoms with Crippen LogP contribution in [0.4, 0.5) is 0 Å². The Morgan fingerprint density at radius 3 is 2.48 bits per heavy atom. The minimum atomic E-state index is -0.445. The van der Waals surface area contributed by atoms with Gasteiger partial charge in [-0.1, -0.05) is 6.07 Å². The number of aryl methyl sites for hydroxylation is 1. The maximum Gasteiger partial charge on any atom is 0.272 e. The molecule has 0 aromatic carbocycles. The van der Waals surface area contributed by atoms with E-state index in [1.807, 2.05) is 13.0 Å². The van der Waals surface area contributed by atoms with Crippen molar-refractivity contribution in [3.8, 4) is 0 Å². The van der Waals surface area contributed by atoms with E-state index in [2.05, 4.69) is 10.3 Å². The van der Waals surface area contributed by atoms with Gasteiger partial charge in [0.25, 0.3) is 5.91 Å². The van der Waals surface area contributed by atoms with Gasteiger partial charge in [-0.15, -0.1) is 0 Å². The van der Waals surface area contributed by atoms with Crippen molar-refractivity contribution in [3.63, 3.8) is 0 Å². The second-order valence-electron chi connectivity index (χ2n) is 5.70. The summed E-state index contributed by atoms with van der Waals surface area (Å²) < 4.78 is 0. The van der Waals surface area contributed by atoms with Gasteiger partial charge in [0.2, 0.25) is 11.8 Å². The molecular formula is C16H22N4O3. The Labute approximate surface area is 135 Å². The summed E-state index contributed by atoms with van der Waals surface area (Å²) in [6.07, 6.45) is 1.58. The van der Waals surface area contributed by atoms with Crippen molar-refractivity contribution in [2.75, 3.05) is 33.2 Å². The molecule has 0 bridgehead atoms. The van der Waals surface area contributed by atoms with Crippen LogP contribution < -0.4 is 5.32 Å². The van der Waals surface area contributed by atoms with Crippen molar-refractivity contribution < 1.29 is 14.4 Å². The number of aromatic nitrogens is 1. The molecule has 0 spiro atoms. The standard InChI is InChI=1S/C16H22N4O3/c1-11-5-4-6-18-14(11)16(23)20-8-7-19(12(2)21)9-13(10-20)15(22)17-3/h4-6,13H,7-10H2,1-3H3,(H,17,22)/t13-/m1/s1. The Morgan fingerprint density at radius 1 is 1.22 bits per heavy atom. The highest BCUT2D eigenvalue weighted by Crippen LogP contribution is 2.14. The zero-order chi connectivity index (χ0) is 17.0. The van der Waals surface area contributed by atoms with E-state index in [-0.39, 0.29) is 24.3 Å². The second kappa shape index (κ2) is 7.21. The summed E-state index contributed by atoms with van der Waals surface area (Å²) in [5, 5.41) is 2.60. The first kappa shape index (κ1) is 16.9. The van der Waals surface area contributed by atoms with Gasteiger partial charge >= 0.3 is 0 Å². The van der Waals surface area contributed by atoms with Crippen LogP contribution in [0.15, 0.2) is 18.3 Å². The topological polar surface area (TPSA) is 82.6 Å². The number of pyridine rings is 1. The smallest absolute Gasteiger partial charge is 0.272 e. The quantitative estimate of drug-likeness (QED) is 0.836. The van der Waals surface area contributed by atoms with Gasteiger partial charge in [0.15, 0.2) is 0 Å². The summed E-state index contributed by atoms with van der Waals surface area (Å²) in [5.74, 6) is -0.919. The van der Waals surface area contributed by atoms with Crippen LogP contribution in [0.2, 0.25) is 0 Å². The second-order valence-corrected chi connectivity index (χ2v) is 5.70. The van der Waals surface area contributed by atoms with E-state index >= 15 is 0 Å². The summed E-state index contributed by atoms with van der Waals surface area (Å²) in [5.41, 5.74) is 1.18. The summed E-state index contributed by atoms with van der Waals surface area (Å²) in [4.78, 5) is 43.9. The monoisotopic (exact) mass is 318 g/mol. The molecule has 1 atom stereocenters. The normalized spacial score (nSPS) is 18.3. The average molecular weight is 318 g/mol. The maximum atomic E-state index is 12.7. The van der Waals surface area contributed by atoms with Gasteiger partial charge < -0.3 is 15.1 Å². The molecule has 1 N–H and O–H groups in total. The molecule has 1 saturated heterocycles. The van der Waals surface area contributed by atoms with Gasteiger partial charge in [0, 0.05) is 46.3 Å². The SMILES string of the molecule is CNC(=O)[C@@H]1CN(C(C)=O)CCN(C(=O)c2ncccc2C)C1. The van der Waals surface area contributed by atoms with Crippen molar-refractivity contribution in [3.05, 3.63) is 29.6 Å². The Morgan fingerprint density at radius 2 is 1.87 bits per heavy atom. The number of nitrogens with one attached hydrogen (secondary N) is 1. The van der Waals surface area contributed by atoms with E-state index < -0.39 is 5.92 Å². The Hall–Kier alpha value is -2.44. The van der Waals surface area contributed by atoms with Crippen LogP contribution in [0.3, 0.4) is 0 Å². The third-order valence-electron chi connectivity index (χ3n) is 4.08. The lowest BCUT2D eigenvalue weighted by molar-refractivity contribution is -0.130. The van der Waals surface area contributed by atoms with Crippen molar-refractivity contribution >= 4 is 17.7 Å². The van der Waals surface area contributed by atoms with Crippen LogP contribution in [0.5, 0.6) is 0 Å². The molecule has 1 fully saturated rings. The lowest BCUT2D eigenvalue weighted by Crippen LogP contribution is -2.42. The first-order chi connectivity index (χ1) is 10.9. The number of rotatable bonds is 2. The van der Waals surface area contributed by atoms with Gasteiger partial charge in [0.1, 0.15) is 5.69 Å². The van der Waals surface area contributed by atoms with Gasteiger partial charge in [0.05, 0.1) is 5.92 Å². The van der Waals surface area contributed by atoms with E-state index in [1.165, 1.54) is 6.92 Å². The van der Waals surface area contributed by atoms with Crippen molar-refractivity contribution in [2.24, 2.45) is 5.92 Å². The molecule has 1 aliphatic heterocycles. The molecule has 2 rings (SSSR count). The molecule has 2 heterocycles. The van der Waals surface area contributed by atoms with Gasteiger partial charge in [-0.3, -0.25) is 19.4 Å². The van der Waals surface area contributed by atoms with Crippen LogP contribution in [0, 0.1) is 12.8 Å². The van der Waals surface area contributed by atoms with Gasteiger partial charge in [-0.25, -0.2) is 0 Å². The van der Waals surface area contributed by atoms with E-state index in [9.17, 15) is 14.4 Å². The Kier molecular flexibility index (Phi) is 5.31. The third-order valence-corrected chi connectivity index (χ3v) is 4.08. The van der Waals surface area contributed by atoms with Crippen LogP contribution in [-0.2, 0) is 9.59 Å². The zero-order valence-electron chi connectivity index (χ0n) is 13.7. The molecule has 0 radical (unpaired) electrons. The number of carbonyl (C=O) groups is 3. The molecule has 0 aliphatic carbocycles. The number of hydrogen-bond acceptors (Lipinski definition) is 4. The zero-order valence-corrected chi connectivity index (χ0v) is 13.7. The summed E-state index contributed by atoms with van der Waals surface area (Å²) in [7, 11) is 1.56. The third kappa shape index (κ3) is 3.85. The number of hydrogen-bond donors (Lipinski definition) is 1. The van der Waals surface area contributed by atoms with E-state index in [1.54, 1.807) is 29.1 Å². The minimum Gasteiger partial charge on any atom is -0.359 e. The van der Waals surface area contributed by atoms with Gasteiger partial charge in [-0.05, 0) is 18.6 Å². The first-order valence-corrected chi connectivity index (χ1v) is 7.62. The molecule has 1 aromatic rings. The fourth-order valence-electron chi connectivity index (χ4n) is 2.71. The van der Waals surface area contributed by atoms with E-state index in [0.29, 0.717) is 25.3 Å². The minimum absolute atomic E-state index is 0.0952. The number of nitrogens with zero attached hydrogens (tertiary/aromatic N) is 3. The predicted octanol–water partition coefficient (Wildman–Crippen LogP) is 0.0565. The highest BCUT2D eigenvalue weighted by Gasteiger charge is 2.31. The van der Waals surface area contributed by atoms with Crippen LogP contribution >= 0.6 is 0 Å². The summed E-state index contributed by atoms with van der Waals surface area (Å²) in [6.45, 7) is 4.71. The largest absolute Gasteiger partial charge is 0.359 e. The predicted molar refractivity (Wildman–Crippen MR) is 84.7 cm³/mol. The van der Waals surface area contributed by atoms with Gasteiger partial charge in [-0.2, -0.15) is 0 Å². The highest BCUT2D eigenvalue weighted by molar-refractivity contribution is 5.94. The fraction of sp³-hybridized carbons (Fsp3) is 0.500. The highest BCUT2D eigenvalue weighted by atomic mass is 16.2. The van der Waals surface area contributed by atoms with Crippen LogP contribution in [0.1, 0.15) is 23.0 Å². The molecule has 1 aliphatic rings. The molecule has 7 nitrogen and oxygen atoms in total. The molecule has 23 heavy (non-hydrogen) atoms. The summed E-state index contributed by atoms with van der Waals surface area (Å²) >= 11 is 0. The Bertz CT molecular complexity index is 617. The maximum absolute atomic E-state index is 12.7. The Balaban J connectivity index is 2.24. The number of amides is 3. The summed E-state index contributed by atoms with van der Waals surface area (Å²) in [6, 6.07) is 3.61. The molecule has 0 unspecified atom stereocenters. The van der Waals surface area contributed by atoms with Crippen molar-refractivity contribution in [1.82, 2.24) is 20.1 Å². The van der Waals surface area contributed by atoms with Crippen LogP contribution in [0.25, 0.3) is 0 Å². The van der Waals surface area contributed by atoms with Crippen LogP contribution in [-0.4, -0.2) is 65.7 Å². The lowest BCUT2D eigenvalue weighted by atomic mass is 10.1. The molecule has 1 aromatic heterocycles. The van der Waals surface area contributed by atoms with Crippen molar-refractivity contribution in [1.29, 1.82) is 0 Å². The van der Waals surface area contributed by atoms with Crippen molar-refractivity contribution in [2.45, 2.75) is 13.8 Å². The molecule has 7 heteroatoms. The molecule has 3 amide bonds. The lowest BCUT2D eigenvalue weighted by Gasteiger charge is -2.23. The van der Waals surface area contributed by atoms with E-state index in [0.717, 1.165) is 5.56 Å². The molecular weight excluding hydrogens is 296 g/mol. The fourth-order valence-corrected chi connectivity index (χ4v) is 2.71.